The van der Waals surface area contributed by atoms with Gasteiger partial charge in [0.15, 0.2) is 11.6 Å². The molecule has 0 spiro atoms. The van der Waals surface area contributed by atoms with Crippen molar-refractivity contribution in [2.24, 2.45) is 5.84 Å². The molecule has 0 amide bonds. The van der Waals surface area contributed by atoms with Crippen molar-refractivity contribution in [2.45, 2.75) is 10.9 Å². The number of rotatable bonds is 5. The van der Waals surface area contributed by atoms with Crippen molar-refractivity contribution in [1.82, 2.24) is 5.43 Å². The van der Waals surface area contributed by atoms with Gasteiger partial charge in [0.25, 0.3) is 0 Å². The van der Waals surface area contributed by atoms with Gasteiger partial charge in [-0.3, -0.25) is 11.3 Å². The predicted molar refractivity (Wildman–Crippen MR) is 73.6 cm³/mol. The van der Waals surface area contributed by atoms with Gasteiger partial charge >= 0.3 is 0 Å². The first-order valence-corrected chi connectivity index (χ1v) is 6.79. The van der Waals surface area contributed by atoms with E-state index < -0.39 is 17.7 Å². The van der Waals surface area contributed by atoms with Gasteiger partial charge in [0, 0.05) is 16.2 Å². The third-order valence-corrected chi connectivity index (χ3v) is 3.82. The highest BCUT2D eigenvalue weighted by molar-refractivity contribution is 7.99. The Labute approximate surface area is 115 Å². The van der Waals surface area contributed by atoms with Crippen LogP contribution < -0.4 is 11.3 Å². The molecule has 5 heteroatoms. The van der Waals surface area contributed by atoms with Crippen molar-refractivity contribution >= 4 is 11.8 Å². The minimum absolute atomic E-state index is 0.242. The molecule has 0 saturated carbocycles. The monoisotopic (exact) mass is 280 g/mol. The number of hydrogen-bond acceptors (Lipinski definition) is 3. The van der Waals surface area contributed by atoms with E-state index in [9.17, 15) is 8.78 Å². The number of halogens is 2. The van der Waals surface area contributed by atoms with Crippen molar-refractivity contribution in [3.8, 4) is 0 Å². The molecular weight excluding hydrogens is 266 g/mol. The Morgan fingerprint density at radius 3 is 2.47 bits per heavy atom. The third kappa shape index (κ3) is 3.53. The molecule has 3 N–H and O–H groups in total. The second-order valence-corrected chi connectivity index (χ2v) is 5.08. The average Bonchev–Trinajstić information content (AvgIpc) is 2.45. The lowest BCUT2D eigenvalue weighted by Crippen LogP contribution is -2.30. The second kappa shape index (κ2) is 6.65. The molecule has 0 aliphatic heterocycles. The van der Waals surface area contributed by atoms with Crippen LogP contribution in [0.1, 0.15) is 11.6 Å². The van der Waals surface area contributed by atoms with Crippen LogP contribution in [-0.4, -0.2) is 5.75 Å². The molecule has 0 bridgehead atoms. The number of nitrogens with two attached hydrogens (primary N) is 1. The molecule has 0 saturated heterocycles. The summed E-state index contributed by atoms with van der Waals surface area (Å²) in [5, 5.41) is 0. The predicted octanol–water partition coefficient (Wildman–Crippen LogP) is 3.26. The molecule has 0 heterocycles. The first-order chi connectivity index (χ1) is 9.22. The van der Waals surface area contributed by atoms with E-state index in [0.717, 1.165) is 11.0 Å². The standard InChI is InChI=1S/C14H14F2N2S/c15-12-8-4-7-11(14(12)16)13(18-17)9-19-10-5-2-1-3-6-10/h1-8,13,18H,9,17H2. The van der Waals surface area contributed by atoms with Crippen LogP contribution in [0, 0.1) is 11.6 Å². The number of benzene rings is 2. The van der Waals surface area contributed by atoms with Crippen LogP contribution in [-0.2, 0) is 0 Å². The smallest absolute Gasteiger partial charge is 0.163 e. The minimum atomic E-state index is -0.859. The van der Waals surface area contributed by atoms with Crippen molar-refractivity contribution in [3.05, 3.63) is 65.7 Å². The van der Waals surface area contributed by atoms with Crippen LogP contribution in [0.15, 0.2) is 53.4 Å². The van der Waals surface area contributed by atoms with E-state index in [0.29, 0.717) is 5.75 Å². The van der Waals surface area contributed by atoms with Gasteiger partial charge in [0.05, 0.1) is 6.04 Å². The van der Waals surface area contributed by atoms with E-state index in [4.69, 9.17) is 5.84 Å². The highest BCUT2D eigenvalue weighted by Crippen LogP contribution is 2.26. The summed E-state index contributed by atoms with van der Waals surface area (Å²) in [5.41, 5.74) is 2.77. The van der Waals surface area contributed by atoms with Gasteiger partial charge < -0.3 is 0 Å². The lowest BCUT2D eigenvalue weighted by Gasteiger charge is -2.16. The van der Waals surface area contributed by atoms with E-state index in [1.165, 1.54) is 23.9 Å². The Morgan fingerprint density at radius 2 is 1.79 bits per heavy atom. The van der Waals surface area contributed by atoms with E-state index in [1.54, 1.807) is 0 Å². The van der Waals surface area contributed by atoms with Gasteiger partial charge in [0.2, 0.25) is 0 Å². The molecule has 0 fully saturated rings. The number of nitrogens with one attached hydrogen (secondary N) is 1. The summed E-state index contributed by atoms with van der Waals surface area (Å²) in [6.45, 7) is 0. The van der Waals surface area contributed by atoms with Gasteiger partial charge in [-0.15, -0.1) is 11.8 Å². The second-order valence-electron chi connectivity index (χ2n) is 3.99. The van der Waals surface area contributed by atoms with Crippen molar-refractivity contribution < 1.29 is 8.78 Å². The molecular formula is C14H14F2N2S. The molecule has 2 aromatic rings. The summed E-state index contributed by atoms with van der Waals surface area (Å²) >= 11 is 1.53. The fourth-order valence-electron chi connectivity index (χ4n) is 1.71. The summed E-state index contributed by atoms with van der Waals surface area (Å²) in [6, 6.07) is 13.4. The largest absolute Gasteiger partial charge is 0.271 e. The Hall–Kier alpha value is -1.43. The number of hydrazine groups is 1. The molecule has 1 unspecified atom stereocenters. The Bertz CT molecular complexity index is 534. The molecule has 100 valence electrons. The summed E-state index contributed by atoms with van der Waals surface area (Å²) in [7, 11) is 0. The van der Waals surface area contributed by atoms with E-state index >= 15 is 0 Å². The maximum Gasteiger partial charge on any atom is 0.163 e. The van der Waals surface area contributed by atoms with E-state index in [-0.39, 0.29) is 5.56 Å². The highest BCUT2D eigenvalue weighted by atomic mass is 32.2. The fraction of sp³-hybridized carbons (Fsp3) is 0.143. The Morgan fingerprint density at radius 1 is 1.05 bits per heavy atom. The summed E-state index contributed by atoms with van der Waals surface area (Å²) in [4.78, 5) is 1.06. The summed E-state index contributed by atoms with van der Waals surface area (Å²) in [6.07, 6.45) is 0. The zero-order chi connectivity index (χ0) is 13.7. The highest BCUT2D eigenvalue weighted by Gasteiger charge is 2.17. The Kier molecular flexibility index (Phi) is 4.90. The molecule has 19 heavy (non-hydrogen) atoms. The third-order valence-electron chi connectivity index (χ3n) is 2.72. The van der Waals surface area contributed by atoms with Crippen LogP contribution in [0.25, 0.3) is 0 Å². The van der Waals surface area contributed by atoms with E-state index in [2.05, 4.69) is 5.43 Å². The molecule has 0 radical (unpaired) electrons. The van der Waals surface area contributed by atoms with Crippen LogP contribution in [0.3, 0.4) is 0 Å². The van der Waals surface area contributed by atoms with Crippen molar-refractivity contribution in [3.63, 3.8) is 0 Å². The first kappa shape index (κ1) is 14.0. The van der Waals surface area contributed by atoms with E-state index in [1.807, 2.05) is 30.3 Å². The van der Waals surface area contributed by atoms with Gasteiger partial charge in [0.1, 0.15) is 0 Å². The SMILES string of the molecule is NNC(CSc1ccccc1)c1cccc(F)c1F. The lowest BCUT2D eigenvalue weighted by molar-refractivity contribution is 0.478. The molecule has 2 nitrogen and oxygen atoms in total. The van der Waals surface area contributed by atoms with Crippen LogP contribution in [0.4, 0.5) is 8.78 Å². The molecule has 1 atom stereocenters. The van der Waals surface area contributed by atoms with Crippen LogP contribution >= 0.6 is 11.8 Å². The normalized spacial score (nSPS) is 12.4. The summed E-state index contributed by atoms with van der Waals surface area (Å²) < 4.78 is 26.9. The van der Waals surface area contributed by atoms with Gasteiger partial charge in [-0.2, -0.15) is 0 Å². The molecule has 2 rings (SSSR count). The first-order valence-electron chi connectivity index (χ1n) is 5.80. The maximum atomic E-state index is 13.7. The minimum Gasteiger partial charge on any atom is -0.271 e. The zero-order valence-corrected chi connectivity index (χ0v) is 11.0. The Balaban J connectivity index is 2.10. The molecule has 0 aliphatic carbocycles. The fourth-order valence-corrected chi connectivity index (χ4v) is 2.70. The lowest BCUT2D eigenvalue weighted by atomic mass is 10.1. The quantitative estimate of drug-likeness (QED) is 0.501. The molecule has 2 aromatic carbocycles. The average molecular weight is 280 g/mol. The molecule has 0 aromatic heterocycles. The van der Waals surface area contributed by atoms with Crippen LogP contribution in [0.5, 0.6) is 0 Å². The molecule has 0 aliphatic rings. The number of thioether (sulfide) groups is 1. The zero-order valence-electron chi connectivity index (χ0n) is 10.1. The maximum absolute atomic E-state index is 13.7. The topological polar surface area (TPSA) is 38.0 Å². The van der Waals surface area contributed by atoms with Gasteiger partial charge in [-0.1, -0.05) is 30.3 Å². The van der Waals surface area contributed by atoms with Crippen molar-refractivity contribution in [1.29, 1.82) is 0 Å². The van der Waals surface area contributed by atoms with Crippen LogP contribution in [0.2, 0.25) is 0 Å². The van der Waals surface area contributed by atoms with Gasteiger partial charge in [-0.05, 0) is 18.2 Å². The summed E-state index contributed by atoms with van der Waals surface area (Å²) in [5.74, 6) is 4.24. The number of hydrogen-bond donors (Lipinski definition) is 2. The van der Waals surface area contributed by atoms with Crippen molar-refractivity contribution in [2.75, 3.05) is 5.75 Å². The van der Waals surface area contributed by atoms with Gasteiger partial charge in [-0.25, -0.2) is 8.78 Å².